The summed E-state index contributed by atoms with van der Waals surface area (Å²) < 4.78 is 12.2. The van der Waals surface area contributed by atoms with E-state index in [-0.39, 0.29) is 12.5 Å². The molecular weight excluding hydrogens is 434 g/mol. The first kappa shape index (κ1) is 22.0. The Morgan fingerprint density at radius 1 is 1.26 bits per heavy atom. The number of nitrogens with zero attached hydrogens (tertiary/aromatic N) is 3. The molecular formula is C23H26ClN3O3S. The molecule has 0 radical (unpaired) electrons. The molecule has 4 rings (SSSR count). The molecule has 0 atom stereocenters. The molecule has 1 aliphatic heterocycles. The summed E-state index contributed by atoms with van der Waals surface area (Å²) in [5.74, 6) is 0.575. The minimum Gasteiger partial charge on any atom is -0.484 e. The van der Waals surface area contributed by atoms with E-state index in [0.29, 0.717) is 22.4 Å². The van der Waals surface area contributed by atoms with Crippen molar-refractivity contribution >= 4 is 44.2 Å². The second-order valence-electron chi connectivity index (χ2n) is 7.67. The maximum absolute atomic E-state index is 13.2. The fourth-order valence-electron chi connectivity index (χ4n) is 3.58. The summed E-state index contributed by atoms with van der Waals surface area (Å²) in [6.07, 6.45) is 0. The van der Waals surface area contributed by atoms with E-state index in [9.17, 15) is 4.79 Å². The van der Waals surface area contributed by atoms with E-state index in [0.717, 1.165) is 54.2 Å². The number of hydrogen-bond acceptors (Lipinski definition) is 6. The molecule has 0 unspecified atom stereocenters. The maximum atomic E-state index is 13.2. The van der Waals surface area contributed by atoms with Crippen molar-refractivity contribution in [3.63, 3.8) is 0 Å². The Kier molecular flexibility index (Phi) is 7.07. The molecule has 1 amide bonds. The van der Waals surface area contributed by atoms with Gasteiger partial charge in [-0.2, -0.15) is 0 Å². The van der Waals surface area contributed by atoms with Crippen molar-refractivity contribution in [2.24, 2.45) is 0 Å². The smallest absolute Gasteiger partial charge is 0.266 e. The molecule has 0 spiro atoms. The van der Waals surface area contributed by atoms with Crippen molar-refractivity contribution in [1.29, 1.82) is 0 Å². The molecule has 0 aliphatic carbocycles. The van der Waals surface area contributed by atoms with Gasteiger partial charge in [-0.25, -0.2) is 4.98 Å². The monoisotopic (exact) mass is 459 g/mol. The lowest BCUT2D eigenvalue weighted by molar-refractivity contribution is -0.120. The van der Waals surface area contributed by atoms with Gasteiger partial charge in [0.1, 0.15) is 5.75 Å². The highest BCUT2D eigenvalue weighted by Crippen LogP contribution is 2.33. The standard InChI is InChI=1S/C23H26ClN3O3S/c1-16-4-3-5-19(12-16)30-15-21(28)27(7-6-26-8-10-29-11-9-26)23-25-22-17(2)13-18(24)14-20(22)31-23/h3-5,12-14H,6-11,15H2,1-2H3. The summed E-state index contributed by atoms with van der Waals surface area (Å²) >= 11 is 7.71. The van der Waals surface area contributed by atoms with Gasteiger partial charge in [0.25, 0.3) is 5.91 Å². The van der Waals surface area contributed by atoms with Crippen LogP contribution < -0.4 is 9.64 Å². The van der Waals surface area contributed by atoms with Crippen molar-refractivity contribution in [1.82, 2.24) is 9.88 Å². The number of benzene rings is 2. The molecule has 2 aromatic carbocycles. The van der Waals surface area contributed by atoms with Crippen LogP contribution >= 0.6 is 22.9 Å². The number of rotatable bonds is 7. The van der Waals surface area contributed by atoms with Gasteiger partial charge in [0.15, 0.2) is 11.7 Å². The normalized spacial score (nSPS) is 14.7. The quantitative estimate of drug-likeness (QED) is 0.527. The molecule has 1 saturated heterocycles. The first-order valence-electron chi connectivity index (χ1n) is 10.4. The molecule has 164 valence electrons. The van der Waals surface area contributed by atoms with Gasteiger partial charge in [0.05, 0.1) is 23.4 Å². The van der Waals surface area contributed by atoms with Gasteiger partial charge in [-0.05, 0) is 49.2 Å². The van der Waals surface area contributed by atoms with Gasteiger partial charge < -0.3 is 9.47 Å². The SMILES string of the molecule is Cc1cccc(OCC(=O)N(CCN2CCOCC2)c2nc3c(C)cc(Cl)cc3s2)c1. The van der Waals surface area contributed by atoms with Gasteiger partial charge in [-0.1, -0.05) is 35.1 Å². The number of aryl methyl sites for hydroxylation is 2. The lowest BCUT2D eigenvalue weighted by atomic mass is 10.2. The van der Waals surface area contributed by atoms with E-state index < -0.39 is 0 Å². The highest BCUT2D eigenvalue weighted by molar-refractivity contribution is 7.22. The van der Waals surface area contributed by atoms with Crippen LogP contribution in [0, 0.1) is 13.8 Å². The molecule has 1 aromatic heterocycles. The van der Waals surface area contributed by atoms with E-state index in [2.05, 4.69) is 4.90 Å². The number of fused-ring (bicyclic) bond motifs is 1. The number of carbonyl (C=O) groups excluding carboxylic acids is 1. The van der Waals surface area contributed by atoms with Gasteiger partial charge in [-0.3, -0.25) is 14.6 Å². The Labute approximate surface area is 191 Å². The summed E-state index contributed by atoms with van der Waals surface area (Å²) in [5.41, 5.74) is 2.97. The van der Waals surface area contributed by atoms with Crippen LogP contribution in [-0.2, 0) is 9.53 Å². The Morgan fingerprint density at radius 3 is 2.84 bits per heavy atom. The minimum absolute atomic E-state index is 0.0395. The van der Waals surface area contributed by atoms with Crippen LogP contribution in [0.1, 0.15) is 11.1 Å². The Morgan fingerprint density at radius 2 is 2.06 bits per heavy atom. The first-order valence-corrected chi connectivity index (χ1v) is 11.6. The highest BCUT2D eigenvalue weighted by Gasteiger charge is 2.22. The topological polar surface area (TPSA) is 54.9 Å². The predicted octanol–water partition coefficient (Wildman–Crippen LogP) is 4.31. The molecule has 8 heteroatoms. The predicted molar refractivity (Wildman–Crippen MR) is 126 cm³/mol. The molecule has 0 N–H and O–H groups in total. The van der Waals surface area contributed by atoms with Crippen LogP contribution in [0.3, 0.4) is 0 Å². The lowest BCUT2D eigenvalue weighted by Crippen LogP contribution is -2.44. The Hall–Kier alpha value is -2.19. The third-order valence-corrected chi connectivity index (χ3v) is 6.51. The van der Waals surface area contributed by atoms with Crippen LogP contribution in [0.5, 0.6) is 5.75 Å². The van der Waals surface area contributed by atoms with Gasteiger partial charge in [0.2, 0.25) is 0 Å². The fraction of sp³-hybridized carbons (Fsp3) is 0.391. The number of hydrogen-bond donors (Lipinski definition) is 0. The van der Waals surface area contributed by atoms with Gasteiger partial charge >= 0.3 is 0 Å². The largest absolute Gasteiger partial charge is 0.484 e. The van der Waals surface area contributed by atoms with Crippen molar-refractivity contribution in [3.8, 4) is 5.75 Å². The van der Waals surface area contributed by atoms with Crippen LogP contribution in [-0.4, -0.2) is 61.8 Å². The van der Waals surface area contributed by atoms with E-state index in [1.165, 1.54) is 11.3 Å². The second kappa shape index (κ2) is 9.96. The fourth-order valence-corrected chi connectivity index (χ4v) is 5.04. The number of aromatic nitrogens is 1. The van der Waals surface area contributed by atoms with Crippen LogP contribution in [0.25, 0.3) is 10.2 Å². The summed E-state index contributed by atoms with van der Waals surface area (Å²) in [6, 6.07) is 11.5. The zero-order chi connectivity index (χ0) is 21.8. The third kappa shape index (κ3) is 5.54. The van der Waals surface area contributed by atoms with E-state index in [1.54, 1.807) is 4.90 Å². The summed E-state index contributed by atoms with van der Waals surface area (Å²) in [7, 11) is 0. The summed E-state index contributed by atoms with van der Waals surface area (Å²) in [6.45, 7) is 8.44. The minimum atomic E-state index is -0.113. The van der Waals surface area contributed by atoms with E-state index >= 15 is 0 Å². The second-order valence-corrected chi connectivity index (χ2v) is 9.12. The molecule has 2 heterocycles. The zero-order valence-electron chi connectivity index (χ0n) is 17.8. The molecule has 31 heavy (non-hydrogen) atoms. The first-order chi connectivity index (χ1) is 15.0. The molecule has 1 aliphatic rings. The maximum Gasteiger partial charge on any atom is 0.266 e. The number of morpholine rings is 1. The highest BCUT2D eigenvalue weighted by atomic mass is 35.5. The Bertz CT molecular complexity index is 1070. The molecule has 0 bridgehead atoms. The van der Waals surface area contributed by atoms with Crippen molar-refractivity contribution in [2.45, 2.75) is 13.8 Å². The lowest BCUT2D eigenvalue weighted by Gasteiger charge is -2.29. The van der Waals surface area contributed by atoms with Gasteiger partial charge in [-0.15, -0.1) is 0 Å². The van der Waals surface area contributed by atoms with Crippen molar-refractivity contribution in [3.05, 3.63) is 52.5 Å². The summed E-state index contributed by atoms with van der Waals surface area (Å²) in [4.78, 5) is 22.0. The number of carbonyl (C=O) groups is 1. The molecule has 0 saturated carbocycles. The van der Waals surface area contributed by atoms with Crippen molar-refractivity contribution < 1.29 is 14.3 Å². The van der Waals surface area contributed by atoms with Gasteiger partial charge in [0, 0.05) is 31.2 Å². The van der Waals surface area contributed by atoms with Crippen LogP contribution in [0.15, 0.2) is 36.4 Å². The molecule has 1 fully saturated rings. The van der Waals surface area contributed by atoms with E-state index in [4.69, 9.17) is 26.1 Å². The average molecular weight is 460 g/mol. The Balaban J connectivity index is 1.54. The van der Waals surface area contributed by atoms with Crippen molar-refractivity contribution in [2.75, 3.05) is 50.9 Å². The third-order valence-electron chi connectivity index (χ3n) is 5.27. The average Bonchev–Trinajstić information content (AvgIpc) is 3.17. The van der Waals surface area contributed by atoms with E-state index in [1.807, 2.05) is 50.2 Å². The number of thiazole rings is 1. The number of amides is 1. The number of anilines is 1. The number of halogens is 1. The van der Waals surface area contributed by atoms with Crippen LogP contribution in [0.2, 0.25) is 5.02 Å². The van der Waals surface area contributed by atoms with Crippen LogP contribution in [0.4, 0.5) is 5.13 Å². The molecule has 6 nitrogen and oxygen atoms in total. The number of ether oxygens (including phenoxy) is 2. The zero-order valence-corrected chi connectivity index (χ0v) is 19.3. The molecule has 3 aromatic rings. The summed E-state index contributed by atoms with van der Waals surface area (Å²) in [5, 5.41) is 1.35.